The maximum Gasteiger partial charge on any atom is 0.127 e. The number of nitrogens with one attached hydrogen (secondary N) is 1. The molecular formula is C13H21N3. The summed E-state index contributed by atoms with van der Waals surface area (Å²) in [4.78, 5) is 4.21. The van der Waals surface area contributed by atoms with E-state index in [2.05, 4.69) is 30.2 Å². The van der Waals surface area contributed by atoms with Crippen LogP contribution in [0.2, 0.25) is 0 Å². The second-order valence-corrected chi connectivity index (χ2v) is 4.69. The van der Waals surface area contributed by atoms with Crippen molar-refractivity contribution >= 4 is 5.82 Å². The standard InChI is InChI=1S/C13H21N3/c1-3-15-11-5-4-10(8-11)12-9(2)6-7-16-13(12)14/h6-7,10-11,15H,3-5,8H2,1-2H3,(H2,14,16). The monoisotopic (exact) mass is 219 g/mol. The number of hydrogen-bond acceptors (Lipinski definition) is 3. The van der Waals surface area contributed by atoms with Crippen molar-refractivity contribution in [1.82, 2.24) is 10.3 Å². The zero-order valence-corrected chi connectivity index (χ0v) is 10.2. The highest BCUT2D eigenvalue weighted by Gasteiger charge is 2.27. The van der Waals surface area contributed by atoms with E-state index in [0.717, 1.165) is 12.4 Å². The molecule has 3 N–H and O–H groups in total. The summed E-state index contributed by atoms with van der Waals surface area (Å²) < 4.78 is 0. The van der Waals surface area contributed by atoms with Gasteiger partial charge in [-0.05, 0) is 50.3 Å². The summed E-state index contributed by atoms with van der Waals surface area (Å²) in [7, 11) is 0. The molecule has 1 fully saturated rings. The molecule has 88 valence electrons. The lowest BCUT2D eigenvalue weighted by Gasteiger charge is -2.16. The zero-order chi connectivity index (χ0) is 11.5. The number of hydrogen-bond donors (Lipinski definition) is 2. The molecule has 1 aromatic rings. The van der Waals surface area contributed by atoms with Gasteiger partial charge in [0, 0.05) is 17.8 Å². The molecule has 16 heavy (non-hydrogen) atoms. The number of aromatic nitrogens is 1. The summed E-state index contributed by atoms with van der Waals surface area (Å²) in [5.74, 6) is 1.32. The lowest BCUT2D eigenvalue weighted by Crippen LogP contribution is -2.25. The van der Waals surface area contributed by atoms with Gasteiger partial charge < -0.3 is 11.1 Å². The van der Waals surface area contributed by atoms with Crippen molar-refractivity contribution in [3.05, 3.63) is 23.4 Å². The summed E-state index contributed by atoms with van der Waals surface area (Å²) in [5.41, 5.74) is 8.56. The minimum absolute atomic E-state index is 0.595. The first-order chi connectivity index (χ1) is 7.72. The molecule has 0 amide bonds. The second kappa shape index (κ2) is 4.83. The van der Waals surface area contributed by atoms with Gasteiger partial charge in [-0.15, -0.1) is 0 Å². The average molecular weight is 219 g/mol. The number of nitrogen functional groups attached to an aromatic ring is 1. The van der Waals surface area contributed by atoms with Gasteiger partial charge in [0.2, 0.25) is 0 Å². The summed E-state index contributed by atoms with van der Waals surface area (Å²) in [6, 6.07) is 2.72. The first-order valence-electron chi connectivity index (χ1n) is 6.16. The van der Waals surface area contributed by atoms with Crippen molar-refractivity contribution in [3.8, 4) is 0 Å². The fraction of sp³-hybridized carbons (Fsp3) is 0.615. The highest BCUT2D eigenvalue weighted by atomic mass is 14.9. The van der Waals surface area contributed by atoms with E-state index in [1.165, 1.54) is 30.4 Å². The van der Waals surface area contributed by atoms with Crippen molar-refractivity contribution in [2.45, 2.75) is 45.1 Å². The van der Waals surface area contributed by atoms with Crippen molar-refractivity contribution in [2.24, 2.45) is 0 Å². The molecule has 1 aliphatic carbocycles. The fourth-order valence-corrected chi connectivity index (χ4v) is 2.84. The molecule has 3 heteroatoms. The number of pyridine rings is 1. The van der Waals surface area contributed by atoms with E-state index in [9.17, 15) is 0 Å². The van der Waals surface area contributed by atoms with E-state index in [1.54, 1.807) is 6.20 Å². The highest BCUT2D eigenvalue weighted by Crippen LogP contribution is 2.37. The van der Waals surface area contributed by atoms with Crippen LogP contribution >= 0.6 is 0 Å². The van der Waals surface area contributed by atoms with Gasteiger partial charge in [0.1, 0.15) is 5.82 Å². The predicted octanol–water partition coefficient (Wildman–Crippen LogP) is 2.22. The Labute approximate surface area is 97.5 Å². The van der Waals surface area contributed by atoms with Gasteiger partial charge in [-0.3, -0.25) is 0 Å². The third-order valence-electron chi connectivity index (χ3n) is 3.57. The van der Waals surface area contributed by atoms with E-state index < -0.39 is 0 Å². The molecule has 1 aliphatic rings. The molecule has 0 radical (unpaired) electrons. The van der Waals surface area contributed by atoms with E-state index in [0.29, 0.717) is 12.0 Å². The summed E-state index contributed by atoms with van der Waals surface area (Å²) in [5, 5.41) is 3.52. The Morgan fingerprint density at radius 3 is 3.00 bits per heavy atom. The van der Waals surface area contributed by atoms with E-state index in [1.807, 2.05) is 0 Å². The second-order valence-electron chi connectivity index (χ2n) is 4.69. The molecule has 0 bridgehead atoms. The van der Waals surface area contributed by atoms with Crippen LogP contribution in [0, 0.1) is 6.92 Å². The van der Waals surface area contributed by atoms with Gasteiger partial charge >= 0.3 is 0 Å². The van der Waals surface area contributed by atoms with Crippen LogP contribution in [-0.2, 0) is 0 Å². The van der Waals surface area contributed by atoms with E-state index in [4.69, 9.17) is 5.73 Å². The fourth-order valence-electron chi connectivity index (χ4n) is 2.84. The van der Waals surface area contributed by atoms with Crippen LogP contribution in [0.3, 0.4) is 0 Å². The van der Waals surface area contributed by atoms with E-state index in [-0.39, 0.29) is 0 Å². The summed E-state index contributed by atoms with van der Waals surface area (Å²) in [6.07, 6.45) is 5.48. The third-order valence-corrected chi connectivity index (χ3v) is 3.57. The van der Waals surface area contributed by atoms with E-state index >= 15 is 0 Å². The quantitative estimate of drug-likeness (QED) is 0.819. The first kappa shape index (κ1) is 11.4. The molecule has 0 saturated heterocycles. The first-order valence-corrected chi connectivity index (χ1v) is 6.16. The van der Waals surface area contributed by atoms with Gasteiger partial charge in [-0.2, -0.15) is 0 Å². The molecule has 2 unspecified atom stereocenters. The lowest BCUT2D eigenvalue weighted by molar-refractivity contribution is 0.535. The molecule has 0 aliphatic heterocycles. The van der Waals surface area contributed by atoms with Gasteiger partial charge in [0.25, 0.3) is 0 Å². The lowest BCUT2D eigenvalue weighted by atomic mass is 9.94. The Balaban J connectivity index is 2.14. The van der Waals surface area contributed by atoms with Crippen molar-refractivity contribution < 1.29 is 0 Å². The van der Waals surface area contributed by atoms with Crippen LogP contribution in [0.25, 0.3) is 0 Å². The Bertz CT molecular complexity index is 342. The third kappa shape index (κ3) is 2.19. The Hall–Kier alpha value is -1.09. The van der Waals surface area contributed by atoms with Crippen LogP contribution < -0.4 is 11.1 Å². The van der Waals surface area contributed by atoms with Crippen LogP contribution in [0.1, 0.15) is 43.2 Å². The van der Waals surface area contributed by atoms with Crippen molar-refractivity contribution in [2.75, 3.05) is 12.3 Å². The largest absolute Gasteiger partial charge is 0.383 e. The molecule has 1 saturated carbocycles. The number of anilines is 1. The molecule has 2 atom stereocenters. The van der Waals surface area contributed by atoms with Gasteiger partial charge in [0.05, 0.1) is 0 Å². The number of rotatable bonds is 3. The minimum atomic E-state index is 0.595. The van der Waals surface area contributed by atoms with Crippen LogP contribution in [-0.4, -0.2) is 17.6 Å². The van der Waals surface area contributed by atoms with Crippen LogP contribution in [0.5, 0.6) is 0 Å². The van der Waals surface area contributed by atoms with Crippen LogP contribution in [0.4, 0.5) is 5.82 Å². The number of nitrogens with zero attached hydrogens (tertiary/aromatic N) is 1. The van der Waals surface area contributed by atoms with Gasteiger partial charge in [0.15, 0.2) is 0 Å². The Morgan fingerprint density at radius 2 is 2.31 bits per heavy atom. The summed E-state index contributed by atoms with van der Waals surface area (Å²) >= 11 is 0. The molecule has 1 aromatic heterocycles. The SMILES string of the molecule is CCNC1CCC(c2c(C)ccnc2N)C1. The Morgan fingerprint density at radius 1 is 1.50 bits per heavy atom. The molecular weight excluding hydrogens is 198 g/mol. The topological polar surface area (TPSA) is 50.9 Å². The normalized spacial score (nSPS) is 24.9. The summed E-state index contributed by atoms with van der Waals surface area (Å²) in [6.45, 7) is 5.35. The van der Waals surface area contributed by atoms with Crippen molar-refractivity contribution in [1.29, 1.82) is 0 Å². The molecule has 0 spiro atoms. The maximum atomic E-state index is 5.99. The van der Waals surface area contributed by atoms with Crippen molar-refractivity contribution in [3.63, 3.8) is 0 Å². The van der Waals surface area contributed by atoms with Gasteiger partial charge in [-0.1, -0.05) is 6.92 Å². The number of aryl methyl sites for hydroxylation is 1. The minimum Gasteiger partial charge on any atom is -0.383 e. The number of nitrogens with two attached hydrogens (primary N) is 1. The molecule has 3 nitrogen and oxygen atoms in total. The maximum absolute atomic E-state index is 5.99. The van der Waals surface area contributed by atoms with Crippen LogP contribution in [0.15, 0.2) is 12.3 Å². The van der Waals surface area contributed by atoms with Gasteiger partial charge in [-0.25, -0.2) is 4.98 Å². The average Bonchev–Trinajstić information content (AvgIpc) is 2.67. The Kier molecular flexibility index (Phi) is 3.44. The predicted molar refractivity (Wildman–Crippen MR) is 67.4 cm³/mol. The molecule has 0 aromatic carbocycles. The highest BCUT2D eigenvalue weighted by molar-refractivity contribution is 5.46. The molecule has 1 heterocycles. The molecule has 2 rings (SSSR count). The smallest absolute Gasteiger partial charge is 0.127 e. The zero-order valence-electron chi connectivity index (χ0n) is 10.2.